The predicted molar refractivity (Wildman–Crippen MR) is 81.9 cm³/mol. The summed E-state index contributed by atoms with van der Waals surface area (Å²) >= 11 is 0. The molecule has 2 aromatic rings. The molecule has 2 N–H and O–H groups in total. The van der Waals surface area contributed by atoms with Gasteiger partial charge in [-0.15, -0.1) is 0 Å². The van der Waals surface area contributed by atoms with Crippen molar-refractivity contribution in [2.24, 2.45) is 5.73 Å². The summed E-state index contributed by atoms with van der Waals surface area (Å²) in [4.78, 5) is 0. The number of methoxy groups -OCH3 is 2. The predicted octanol–water partition coefficient (Wildman–Crippen LogP) is 2.66. The number of nitriles is 1. The molecule has 1 heterocycles. The van der Waals surface area contributed by atoms with Gasteiger partial charge in [-0.3, -0.25) is 0 Å². The van der Waals surface area contributed by atoms with Gasteiger partial charge >= 0.3 is 0 Å². The van der Waals surface area contributed by atoms with Crippen LogP contribution in [-0.2, 0) is 0 Å². The lowest BCUT2D eigenvalue weighted by Gasteiger charge is -2.31. The van der Waals surface area contributed by atoms with Crippen molar-refractivity contribution in [1.82, 2.24) is 0 Å². The molecule has 0 spiro atoms. The zero-order valence-electron chi connectivity index (χ0n) is 12.4. The van der Waals surface area contributed by atoms with Crippen molar-refractivity contribution < 1.29 is 14.2 Å². The summed E-state index contributed by atoms with van der Waals surface area (Å²) in [6.45, 7) is 0. The van der Waals surface area contributed by atoms with Crippen LogP contribution in [0.25, 0.3) is 11.1 Å². The quantitative estimate of drug-likeness (QED) is 0.942. The summed E-state index contributed by atoms with van der Waals surface area (Å²) < 4.78 is 16.9. The fraction of sp³-hybridized carbons (Fsp3) is 0.235. The van der Waals surface area contributed by atoms with Gasteiger partial charge in [-0.25, -0.2) is 0 Å². The first-order valence-electron chi connectivity index (χ1n) is 6.87. The van der Waals surface area contributed by atoms with Crippen LogP contribution in [0.1, 0.15) is 11.7 Å². The Hall–Kier alpha value is -2.71. The Balaban J connectivity index is 2.31. The Kier molecular flexibility index (Phi) is 3.61. The Morgan fingerprint density at radius 2 is 1.73 bits per heavy atom. The summed E-state index contributed by atoms with van der Waals surface area (Å²) in [6, 6.07) is 12.5. The van der Waals surface area contributed by atoms with Gasteiger partial charge in [-0.2, -0.15) is 5.26 Å². The van der Waals surface area contributed by atoms with Crippen LogP contribution < -0.4 is 19.9 Å². The maximum atomic E-state index is 9.18. The molecule has 1 aliphatic heterocycles. The zero-order valence-corrected chi connectivity index (χ0v) is 12.4. The number of ether oxygens (including phenoxy) is 3. The first kappa shape index (κ1) is 14.2. The van der Waals surface area contributed by atoms with E-state index in [2.05, 4.69) is 6.07 Å². The number of nitrogens with zero attached hydrogens (tertiary/aromatic N) is 1. The standard InChI is InChI=1S/C17H16N2O3/c1-20-12-6-3-5-10-15(12)16-13(21-2)7-4-8-14(16)22-17(10)11(19)9-18/h3-8,11,17H,19H2,1-2H3. The lowest BCUT2D eigenvalue weighted by Crippen LogP contribution is -2.32. The van der Waals surface area contributed by atoms with Crippen molar-refractivity contribution in [2.75, 3.05) is 14.2 Å². The van der Waals surface area contributed by atoms with Crippen molar-refractivity contribution in [2.45, 2.75) is 12.1 Å². The molecule has 3 rings (SSSR count). The Labute approximate surface area is 128 Å². The van der Waals surface area contributed by atoms with Gasteiger partial charge in [0.2, 0.25) is 0 Å². The van der Waals surface area contributed by atoms with E-state index in [0.29, 0.717) is 17.2 Å². The molecule has 0 saturated carbocycles. The van der Waals surface area contributed by atoms with E-state index >= 15 is 0 Å². The number of hydrogen-bond acceptors (Lipinski definition) is 5. The van der Waals surface area contributed by atoms with E-state index in [4.69, 9.17) is 19.9 Å². The molecule has 0 radical (unpaired) electrons. The summed E-state index contributed by atoms with van der Waals surface area (Å²) in [5.74, 6) is 2.01. The average molecular weight is 296 g/mol. The van der Waals surface area contributed by atoms with E-state index in [1.807, 2.05) is 36.4 Å². The Morgan fingerprint density at radius 1 is 1.09 bits per heavy atom. The molecule has 0 aromatic heterocycles. The summed E-state index contributed by atoms with van der Waals surface area (Å²) in [7, 11) is 3.22. The number of nitrogens with two attached hydrogens (primary N) is 1. The molecule has 0 aliphatic carbocycles. The first-order valence-corrected chi connectivity index (χ1v) is 6.87. The second-order valence-corrected chi connectivity index (χ2v) is 4.95. The van der Waals surface area contributed by atoms with Crippen molar-refractivity contribution in [3.8, 4) is 34.4 Å². The average Bonchev–Trinajstić information content (AvgIpc) is 2.58. The molecule has 22 heavy (non-hydrogen) atoms. The molecule has 1 aliphatic rings. The van der Waals surface area contributed by atoms with Gasteiger partial charge in [-0.1, -0.05) is 18.2 Å². The highest BCUT2D eigenvalue weighted by molar-refractivity contribution is 5.85. The molecule has 2 atom stereocenters. The van der Waals surface area contributed by atoms with Crippen molar-refractivity contribution >= 4 is 0 Å². The minimum Gasteiger partial charge on any atom is -0.496 e. The van der Waals surface area contributed by atoms with E-state index in [9.17, 15) is 5.26 Å². The molecular weight excluding hydrogens is 280 g/mol. The lowest BCUT2D eigenvalue weighted by molar-refractivity contribution is 0.188. The Morgan fingerprint density at radius 3 is 2.36 bits per heavy atom. The van der Waals surface area contributed by atoms with Crippen LogP contribution in [0.5, 0.6) is 17.2 Å². The van der Waals surface area contributed by atoms with Gasteiger partial charge in [-0.05, 0) is 18.2 Å². The van der Waals surface area contributed by atoms with Crippen LogP contribution in [0.15, 0.2) is 36.4 Å². The van der Waals surface area contributed by atoms with Crippen LogP contribution in [0.4, 0.5) is 0 Å². The number of rotatable bonds is 3. The molecular formula is C17H16N2O3. The van der Waals surface area contributed by atoms with Crippen LogP contribution >= 0.6 is 0 Å². The smallest absolute Gasteiger partial charge is 0.153 e. The topological polar surface area (TPSA) is 77.5 Å². The summed E-state index contributed by atoms with van der Waals surface area (Å²) in [6.07, 6.45) is -0.547. The molecule has 112 valence electrons. The van der Waals surface area contributed by atoms with Crippen molar-refractivity contribution in [3.63, 3.8) is 0 Å². The summed E-state index contributed by atoms with van der Waals surface area (Å²) in [5, 5.41) is 9.18. The second-order valence-electron chi connectivity index (χ2n) is 4.95. The lowest BCUT2D eigenvalue weighted by atomic mass is 9.89. The summed E-state index contributed by atoms with van der Waals surface area (Å²) in [5.41, 5.74) is 8.43. The van der Waals surface area contributed by atoms with Crippen LogP contribution in [0.2, 0.25) is 0 Å². The van der Waals surface area contributed by atoms with Crippen LogP contribution in [-0.4, -0.2) is 20.3 Å². The SMILES string of the molecule is COc1cccc2c1-c1c(OC)cccc1C(C(N)C#N)O2. The molecule has 5 heteroatoms. The van der Waals surface area contributed by atoms with Crippen LogP contribution in [0, 0.1) is 11.3 Å². The second kappa shape index (κ2) is 5.58. The maximum absolute atomic E-state index is 9.18. The van der Waals surface area contributed by atoms with Gasteiger partial charge in [0.1, 0.15) is 23.3 Å². The van der Waals surface area contributed by atoms with Gasteiger partial charge < -0.3 is 19.9 Å². The largest absolute Gasteiger partial charge is 0.496 e. The highest BCUT2D eigenvalue weighted by Crippen LogP contribution is 2.51. The highest BCUT2D eigenvalue weighted by atomic mass is 16.5. The molecule has 2 unspecified atom stereocenters. The van der Waals surface area contributed by atoms with E-state index in [0.717, 1.165) is 16.7 Å². The molecule has 0 bridgehead atoms. The van der Waals surface area contributed by atoms with Gasteiger partial charge in [0.25, 0.3) is 0 Å². The van der Waals surface area contributed by atoms with E-state index in [1.54, 1.807) is 14.2 Å². The third-order valence-corrected chi connectivity index (χ3v) is 3.77. The van der Waals surface area contributed by atoms with Crippen molar-refractivity contribution in [3.05, 3.63) is 42.0 Å². The number of fused-ring (bicyclic) bond motifs is 3. The third kappa shape index (κ3) is 2.05. The van der Waals surface area contributed by atoms with Gasteiger partial charge in [0, 0.05) is 11.1 Å². The van der Waals surface area contributed by atoms with Crippen LogP contribution in [0.3, 0.4) is 0 Å². The Bertz CT molecular complexity index is 752. The monoisotopic (exact) mass is 296 g/mol. The van der Waals surface area contributed by atoms with E-state index in [-0.39, 0.29) is 0 Å². The molecule has 0 saturated heterocycles. The molecule has 5 nitrogen and oxygen atoms in total. The number of benzene rings is 2. The van der Waals surface area contributed by atoms with Gasteiger partial charge in [0.05, 0.1) is 25.9 Å². The van der Waals surface area contributed by atoms with E-state index < -0.39 is 12.1 Å². The minimum atomic E-state index is -0.773. The minimum absolute atomic E-state index is 0.547. The normalized spacial score (nSPS) is 16.5. The highest BCUT2D eigenvalue weighted by Gasteiger charge is 2.34. The first-order chi connectivity index (χ1) is 10.7. The molecule has 0 fully saturated rings. The van der Waals surface area contributed by atoms with E-state index in [1.165, 1.54) is 0 Å². The van der Waals surface area contributed by atoms with Gasteiger partial charge in [0.15, 0.2) is 6.10 Å². The third-order valence-electron chi connectivity index (χ3n) is 3.77. The number of hydrogen-bond donors (Lipinski definition) is 1. The maximum Gasteiger partial charge on any atom is 0.153 e. The van der Waals surface area contributed by atoms with Crippen molar-refractivity contribution in [1.29, 1.82) is 5.26 Å². The molecule has 0 amide bonds. The molecule has 2 aromatic carbocycles. The fourth-order valence-electron chi connectivity index (χ4n) is 2.78. The zero-order chi connectivity index (χ0) is 15.7. The fourth-order valence-corrected chi connectivity index (χ4v) is 2.78.